The number of hydrogen-bond donors (Lipinski definition) is 0. The molecule has 262 valence electrons. The van der Waals surface area contributed by atoms with E-state index in [1.54, 1.807) is 41.8 Å². The van der Waals surface area contributed by atoms with E-state index in [0.29, 0.717) is 28.8 Å². The number of piperazine rings is 1. The smallest absolute Gasteiger partial charge is 0.217 e. The van der Waals surface area contributed by atoms with E-state index >= 15 is 0 Å². The molecular weight excluding hydrogens is 697 g/mol. The number of halogens is 2. The minimum absolute atomic E-state index is 0.148. The van der Waals surface area contributed by atoms with Gasteiger partial charge >= 0.3 is 0 Å². The lowest BCUT2D eigenvalue weighted by Crippen LogP contribution is -2.46. The average Bonchev–Trinajstić information content (AvgIpc) is 3.90. The van der Waals surface area contributed by atoms with Crippen LogP contribution in [-0.4, -0.2) is 94.5 Å². The zero-order valence-corrected chi connectivity index (χ0v) is 30.3. The number of ketones is 1. The van der Waals surface area contributed by atoms with E-state index in [1.807, 2.05) is 25.1 Å². The van der Waals surface area contributed by atoms with Gasteiger partial charge in [0.1, 0.15) is 37.7 Å². The van der Waals surface area contributed by atoms with Crippen molar-refractivity contribution >= 4 is 63.0 Å². The normalized spacial score (nSPS) is 22.4. The monoisotopic (exact) mass is 735 g/mol. The lowest BCUT2D eigenvalue weighted by molar-refractivity contribution is -0.190. The van der Waals surface area contributed by atoms with Gasteiger partial charge in [0.25, 0.3) is 0 Å². The van der Waals surface area contributed by atoms with Crippen LogP contribution in [0.1, 0.15) is 19.4 Å². The SMILES string of the molecule is CC(=O)C(C)N1CCSC1=Nc1ccc(N2CCN(c3ccc(OC[C@@H]4CO[C@@](Cn5cncn5)(c5ccc(Cl)cc5Cl)O4)cc3)CC2)cc1. The first-order valence-corrected chi connectivity index (χ1v) is 18.4. The molecule has 4 heterocycles. The van der Waals surface area contributed by atoms with Crippen LogP contribution in [0, 0.1) is 0 Å². The van der Waals surface area contributed by atoms with Gasteiger partial charge in [0.15, 0.2) is 11.0 Å². The highest BCUT2D eigenvalue weighted by atomic mass is 35.5. The summed E-state index contributed by atoms with van der Waals surface area (Å²) in [6.07, 6.45) is 2.75. The van der Waals surface area contributed by atoms with Crippen molar-refractivity contribution in [1.82, 2.24) is 19.7 Å². The van der Waals surface area contributed by atoms with E-state index in [4.69, 9.17) is 42.4 Å². The summed E-state index contributed by atoms with van der Waals surface area (Å²) in [6.45, 7) is 8.99. The number of carbonyl (C=O) groups is 1. The lowest BCUT2D eigenvalue weighted by atomic mass is 10.1. The van der Waals surface area contributed by atoms with Gasteiger partial charge in [-0.2, -0.15) is 5.10 Å². The van der Waals surface area contributed by atoms with E-state index in [2.05, 4.69) is 61.2 Å². The molecule has 1 aromatic heterocycles. The molecule has 3 aliphatic rings. The molecule has 3 aliphatic heterocycles. The van der Waals surface area contributed by atoms with E-state index in [-0.39, 0.29) is 24.5 Å². The van der Waals surface area contributed by atoms with Crippen LogP contribution in [0.3, 0.4) is 0 Å². The van der Waals surface area contributed by atoms with Crippen molar-refractivity contribution in [2.75, 3.05) is 61.5 Å². The van der Waals surface area contributed by atoms with Crippen molar-refractivity contribution in [1.29, 1.82) is 0 Å². The van der Waals surface area contributed by atoms with Crippen LogP contribution in [-0.2, 0) is 26.6 Å². The molecule has 1 unspecified atom stereocenters. The minimum Gasteiger partial charge on any atom is -0.491 e. The summed E-state index contributed by atoms with van der Waals surface area (Å²) in [5.41, 5.74) is 3.92. The van der Waals surface area contributed by atoms with Crippen LogP contribution in [0.25, 0.3) is 0 Å². The fourth-order valence-corrected chi connectivity index (χ4v) is 7.99. The Labute approximate surface area is 306 Å². The molecule has 0 bridgehead atoms. The average molecular weight is 737 g/mol. The third-order valence-corrected chi connectivity index (χ3v) is 10.8. The van der Waals surface area contributed by atoms with Gasteiger partial charge in [0.2, 0.25) is 5.79 Å². The molecule has 4 aromatic rings. The molecule has 14 heteroatoms. The maximum Gasteiger partial charge on any atom is 0.217 e. The second-order valence-corrected chi connectivity index (χ2v) is 14.4. The Morgan fingerprint density at radius 3 is 2.36 bits per heavy atom. The molecule has 3 aromatic carbocycles. The molecule has 0 N–H and O–H groups in total. The number of aliphatic imine (C=N–C) groups is 1. The summed E-state index contributed by atoms with van der Waals surface area (Å²) >= 11 is 14.5. The Morgan fingerprint density at radius 2 is 1.72 bits per heavy atom. The summed E-state index contributed by atoms with van der Waals surface area (Å²) in [5.74, 6) is 0.716. The van der Waals surface area contributed by atoms with Crippen molar-refractivity contribution in [3.05, 3.63) is 95.0 Å². The predicted molar refractivity (Wildman–Crippen MR) is 198 cm³/mol. The number of nitrogens with zero attached hydrogens (tertiary/aromatic N) is 7. The van der Waals surface area contributed by atoms with Crippen molar-refractivity contribution in [2.45, 2.75) is 38.3 Å². The van der Waals surface area contributed by atoms with Crippen molar-refractivity contribution < 1.29 is 19.0 Å². The summed E-state index contributed by atoms with van der Waals surface area (Å²) in [7, 11) is 0. The number of amidine groups is 1. The summed E-state index contributed by atoms with van der Waals surface area (Å²) in [4.78, 5) is 27.7. The molecule has 3 fully saturated rings. The van der Waals surface area contributed by atoms with Gasteiger partial charge < -0.3 is 28.9 Å². The molecule has 3 saturated heterocycles. The van der Waals surface area contributed by atoms with E-state index < -0.39 is 5.79 Å². The maximum absolute atomic E-state index is 11.9. The van der Waals surface area contributed by atoms with Gasteiger partial charge in [0, 0.05) is 60.4 Å². The number of carbonyl (C=O) groups excluding carboxylic acids is 1. The molecule has 50 heavy (non-hydrogen) atoms. The number of hydrogen-bond acceptors (Lipinski definition) is 10. The van der Waals surface area contributed by atoms with Crippen LogP contribution in [0.15, 0.2) is 84.4 Å². The highest BCUT2D eigenvalue weighted by Gasteiger charge is 2.45. The number of benzene rings is 3. The second kappa shape index (κ2) is 15.2. The van der Waals surface area contributed by atoms with Crippen molar-refractivity contribution in [3.63, 3.8) is 0 Å². The minimum atomic E-state index is -1.15. The van der Waals surface area contributed by atoms with Crippen molar-refractivity contribution in [2.24, 2.45) is 4.99 Å². The van der Waals surface area contributed by atoms with Crippen LogP contribution >= 0.6 is 35.0 Å². The van der Waals surface area contributed by atoms with Gasteiger partial charge in [-0.05, 0) is 74.5 Å². The summed E-state index contributed by atoms with van der Waals surface area (Å²) in [5, 5.41) is 6.14. The third kappa shape index (κ3) is 7.74. The van der Waals surface area contributed by atoms with Gasteiger partial charge in [0.05, 0.1) is 23.4 Å². The third-order valence-electron chi connectivity index (χ3n) is 9.26. The van der Waals surface area contributed by atoms with E-state index in [9.17, 15) is 4.79 Å². The largest absolute Gasteiger partial charge is 0.491 e. The number of thioether (sulfide) groups is 1. The standard InChI is InChI=1S/C36H39Cl2N7O4S/c1-25(26(2)46)45-17-18-50-35(45)41-28-4-6-29(7-5-28)42-13-15-43(16-14-42)30-8-10-31(11-9-30)47-20-32-21-48-36(49-32,22-44-24-39-23-40-44)33-12-3-27(37)19-34(33)38/h3-12,19,23-25,32H,13-18,20-22H2,1-2H3/t25?,32-,36-/m1/s1. The van der Waals surface area contributed by atoms with E-state index in [1.165, 1.54) is 12.0 Å². The van der Waals surface area contributed by atoms with Crippen LogP contribution < -0.4 is 14.5 Å². The van der Waals surface area contributed by atoms with E-state index in [0.717, 1.165) is 60.8 Å². The van der Waals surface area contributed by atoms with Gasteiger partial charge in [-0.3, -0.25) is 4.79 Å². The first-order chi connectivity index (χ1) is 24.3. The molecule has 11 nitrogen and oxygen atoms in total. The fraction of sp³-hybridized carbons (Fsp3) is 0.389. The molecule has 0 radical (unpaired) electrons. The first kappa shape index (κ1) is 34.6. The predicted octanol–water partition coefficient (Wildman–Crippen LogP) is 6.27. The summed E-state index contributed by atoms with van der Waals surface area (Å²) in [6, 6.07) is 21.7. The maximum atomic E-state index is 11.9. The Kier molecular flexibility index (Phi) is 10.5. The summed E-state index contributed by atoms with van der Waals surface area (Å²) < 4.78 is 20.5. The molecule has 0 aliphatic carbocycles. The van der Waals surface area contributed by atoms with Crippen LogP contribution in [0.2, 0.25) is 10.0 Å². The number of Topliss-reactive ketones (excluding diaryl/α,β-unsaturated/α-hetero) is 1. The zero-order valence-electron chi connectivity index (χ0n) is 28.0. The van der Waals surface area contributed by atoms with Crippen LogP contribution in [0.4, 0.5) is 17.1 Å². The Morgan fingerprint density at radius 1 is 1.02 bits per heavy atom. The second-order valence-electron chi connectivity index (χ2n) is 12.5. The Balaban J connectivity index is 0.911. The number of ether oxygens (including phenoxy) is 3. The fourth-order valence-electron chi connectivity index (χ4n) is 6.39. The van der Waals surface area contributed by atoms with Crippen LogP contribution in [0.5, 0.6) is 5.75 Å². The number of rotatable bonds is 11. The Bertz CT molecular complexity index is 1800. The molecule has 0 spiro atoms. The number of anilines is 2. The zero-order chi connectivity index (χ0) is 34.7. The molecule has 7 rings (SSSR count). The highest BCUT2D eigenvalue weighted by Crippen LogP contribution is 2.40. The van der Waals surface area contributed by atoms with Gasteiger partial charge in [-0.15, -0.1) is 0 Å². The molecule has 0 saturated carbocycles. The quantitative estimate of drug-likeness (QED) is 0.175. The van der Waals surface area contributed by atoms with Gasteiger partial charge in [-0.25, -0.2) is 14.7 Å². The lowest BCUT2D eigenvalue weighted by Gasteiger charge is -2.37. The van der Waals surface area contributed by atoms with Gasteiger partial charge in [-0.1, -0.05) is 41.0 Å². The van der Waals surface area contributed by atoms with Crippen molar-refractivity contribution in [3.8, 4) is 5.75 Å². The molecule has 0 amide bonds. The Hall–Kier alpha value is -3.81. The molecular formula is C36H39Cl2N7O4S. The number of aromatic nitrogens is 3. The topological polar surface area (TPSA) is 97.6 Å². The highest BCUT2D eigenvalue weighted by molar-refractivity contribution is 8.14. The first-order valence-electron chi connectivity index (χ1n) is 16.7. The molecule has 3 atom stereocenters.